The lowest BCUT2D eigenvalue weighted by Crippen LogP contribution is -2.53. The van der Waals surface area contributed by atoms with Crippen molar-refractivity contribution in [3.63, 3.8) is 0 Å². The summed E-state index contributed by atoms with van der Waals surface area (Å²) < 4.78 is 2.22. The average molecular weight is 278 g/mol. The van der Waals surface area contributed by atoms with Crippen LogP contribution in [0.3, 0.4) is 0 Å². The minimum absolute atomic E-state index is 0.382. The third-order valence-electron chi connectivity index (χ3n) is 4.99. The van der Waals surface area contributed by atoms with Crippen molar-refractivity contribution in [1.82, 2.24) is 19.8 Å². The van der Waals surface area contributed by atoms with Crippen molar-refractivity contribution in [1.29, 1.82) is 0 Å². The van der Waals surface area contributed by atoms with Crippen LogP contribution in [0.1, 0.15) is 45.4 Å². The van der Waals surface area contributed by atoms with Crippen LogP contribution in [-0.4, -0.2) is 46.2 Å². The molecule has 114 valence electrons. The molecular weight excluding hydrogens is 248 g/mol. The molecule has 1 N–H and O–H groups in total. The van der Waals surface area contributed by atoms with E-state index in [-0.39, 0.29) is 0 Å². The van der Waals surface area contributed by atoms with E-state index < -0.39 is 0 Å². The number of likely N-dealkylation sites (N-methyl/N-ethyl adjacent to an activating group) is 1. The maximum absolute atomic E-state index is 4.29. The molecule has 4 heteroatoms. The van der Waals surface area contributed by atoms with E-state index in [2.05, 4.69) is 53.8 Å². The predicted octanol–water partition coefficient (Wildman–Crippen LogP) is 2.43. The number of nitrogens with zero attached hydrogens (tertiary/aromatic N) is 3. The second-order valence-corrected chi connectivity index (χ2v) is 6.35. The van der Waals surface area contributed by atoms with Crippen molar-refractivity contribution in [3.05, 3.63) is 18.2 Å². The Kier molecular flexibility index (Phi) is 5.22. The van der Waals surface area contributed by atoms with Gasteiger partial charge in [-0.15, -0.1) is 0 Å². The molecule has 20 heavy (non-hydrogen) atoms. The second-order valence-electron chi connectivity index (χ2n) is 6.35. The van der Waals surface area contributed by atoms with Gasteiger partial charge >= 0.3 is 0 Å². The fourth-order valence-corrected chi connectivity index (χ4v) is 3.38. The van der Waals surface area contributed by atoms with Crippen LogP contribution in [0.5, 0.6) is 0 Å². The quantitative estimate of drug-likeness (QED) is 0.831. The Morgan fingerprint density at radius 2 is 2.15 bits per heavy atom. The summed E-state index contributed by atoms with van der Waals surface area (Å²) in [5, 5.41) is 3.76. The van der Waals surface area contributed by atoms with Gasteiger partial charge < -0.3 is 9.88 Å². The van der Waals surface area contributed by atoms with E-state index in [1.165, 1.54) is 25.7 Å². The van der Waals surface area contributed by atoms with Gasteiger partial charge in [0.2, 0.25) is 0 Å². The molecular formula is C16H30N4. The molecule has 0 aromatic carbocycles. The predicted molar refractivity (Wildman–Crippen MR) is 83.9 cm³/mol. The van der Waals surface area contributed by atoms with Crippen molar-refractivity contribution in [3.8, 4) is 0 Å². The monoisotopic (exact) mass is 278 g/mol. The van der Waals surface area contributed by atoms with Gasteiger partial charge in [0, 0.05) is 37.1 Å². The molecule has 0 saturated heterocycles. The van der Waals surface area contributed by atoms with Crippen LogP contribution < -0.4 is 5.32 Å². The van der Waals surface area contributed by atoms with Crippen molar-refractivity contribution >= 4 is 0 Å². The number of hydrogen-bond donors (Lipinski definition) is 1. The standard InChI is InChI=1S/C16H30N4/c1-5-19(4)16(8-6-7-9-16)13-18-14(2)12-20-11-10-17-15(20)3/h10-11,14,18H,5-9,12-13H2,1-4H3/t14-/m1/s1. The minimum atomic E-state index is 0.382. The topological polar surface area (TPSA) is 33.1 Å². The molecule has 0 radical (unpaired) electrons. The molecule has 0 amide bonds. The van der Waals surface area contributed by atoms with Crippen molar-refractivity contribution in [2.75, 3.05) is 20.1 Å². The van der Waals surface area contributed by atoms with Crippen LogP contribution in [0, 0.1) is 6.92 Å². The summed E-state index contributed by atoms with van der Waals surface area (Å²) in [4.78, 5) is 6.83. The summed E-state index contributed by atoms with van der Waals surface area (Å²) in [5.74, 6) is 1.10. The second kappa shape index (κ2) is 6.72. The lowest BCUT2D eigenvalue weighted by molar-refractivity contribution is 0.124. The summed E-state index contributed by atoms with van der Waals surface area (Å²) >= 11 is 0. The molecule has 0 unspecified atom stereocenters. The molecule has 4 nitrogen and oxygen atoms in total. The van der Waals surface area contributed by atoms with E-state index in [1.54, 1.807) is 0 Å². The molecule has 1 aliphatic carbocycles. The largest absolute Gasteiger partial charge is 0.334 e. The van der Waals surface area contributed by atoms with E-state index in [0.29, 0.717) is 11.6 Å². The van der Waals surface area contributed by atoms with Crippen molar-refractivity contribution < 1.29 is 0 Å². The molecule has 1 fully saturated rings. The van der Waals surface area contributed by atoms with Crippen LogP contribution in [-0.2, 0) is 6.54 Å². The molecule has 0 bridgehead atoms. The lowest BCUT2D eigenvalue weighted by Gasteiger charge is -2.39. The summed E-state index contributed by atoms with van der Waals surface area (Å²) in [5.41, 5.74) is 0.382. The third-order valence-corrected chi connectivity index (χ3v) is 4.99. The first kappa shape index (κ1) is 15.5. The SMILES string of the molecule is CCN(C)C1(CN[C@H](C)Cn2ccnc2C)CCCC1. The van der Waals surface area contributed by atoms with E-state index in [4.69, 9.17) is 0 Å². The Morgan fingerprint density at radius 3 is 2.70 bits per heavy atom. The molecule has 1 atom stereocenters. The number of aromatic nitrogens is 2. The van der Waals surface area contributed by atoms with Gasteiger partial charge in [0.1, 0.15) is 5.82 Å². The first-order valence-electron chi connectivity index (χ1n) is 8.00. The zero-order valence-electron chi connectivity index (χ0n) is 13.5. The van der Waals surface area contributed by atoms with Crippen molar-refractivity contribution in [2.45, 2.75) is 64.6 Å². The van der Waals surface area contributed by atoms with E-state index >= 15 is 0 Å². The van der Waals surface area contributed by atoms with Gasteiger partial charge in [-0.2, -0.15) is 0 Å². The zero-order chi connectivity index (χ0) is 14.6. The summed E-state index contributed by atoms with van der Waals surface area (Å²) in [7, 11) is 2.28. The average Bonchev–Trinajstić information content (AvgIpc) is 3.07. The number of rotatable bonds is 7. The Hall–Kier alpha value is -0.870. The maximum atomic E-state index is 4.29. The number of hydrogen-bond acceptors (Lipinski definition) is 3. The Bertz CT molecular complexity index is 406. The van der Waals surface area contributed by atoms with Gasteiger partial charge in [0.25, 0.3) is 0 Å². The van der Waals surface area contributed by atoms with Crippen LogP contribution in [0.2, 0.25) is 0 Å². The van der Waals surface area contributed by atoms with E-state index in [1.807, 2.05) is 6.20 Å². The zero-order valence-corrected chi connectivity index (χ0v) is 13.5. The summed E-state index contributed by atoms with van der Waals surface area (Å²) in [6.45, 7) is 9.84. The van der Waals surface area contributed by atoms with Crippen LogP contribution in [0.4, 0.5) is 0 Å². The summed E-state index contributed by atoms with van der Waals surface area (Å²) in [6.07, 6.45) is 9.37. The highest BCUT2D eigenvalue weighted by Crippen LogP contribution is 2.33. The molecule has 1 saturated carbocycles. The maximum Gasteiger partial charge on any atom is 0.105 e. The molecule has 0 spiro atoms. The molecule has 2 rings (SSSR count). The van der Waals surface area contributed by atoms with Crippen LogP contribution >= 0.6 is 0 Å². The highest BCUT2D eigenvalue weighted by molar-refractivity contribution is 4.96. The number of imidazole rings is 1. The first-order valence-corrected chi connectivity index (χ1v) is 8.00. The molecule has 1 aliphatic rings. The smallest absolute Gasteiger partial charge is 0.105 e. The van der Waals surface area contributed by atoms with Gasteiger partial charge in [-0.3, -0.25) is 4.90 Å². The molecule has 1 heterocycles. The fourth-order valence-electron chi connectivity index (χ4n) is 3.38. The third kappa shape index (κ3) is 3.41. The first-order chi connectivity index (χ1) is 9.57. The molecule has 0 aliphatic heterocycles. The fraction of sp³-hybridized carbons (Fsp3) is 0.812. The highest BCUT2D eigenvalue weighted by atomic mass is 15.2. The molecule has 1 aromatic heterocycles. The van der Waals surface area contributed by atoms with E-state index in [0.717, 1.165) is 25.5 Å². The van der Waals surface area contributed by atoms with Crippen molar-refractivity contribution in [2.24, 2.45) is 0 Å². The van der Waals surface area contributed by atoms with Gasteiger partial charge in [-0.25, -0.2) is 4.98 Å². The number of nitrogens with one attached hydrogen (secondary N) is 1. The normalized spacial score (nSPS) is 19.6. The highest BCUT2D eigenvalue weighted by Gasteiger charge is 2.36. The van der Waals surface area contributed by atoms with Gasteiger partial charge in [0.05, 0.1) is 0 Å². The van der Waals surface area contributed by atoms with Gasteiger partial charge in [-0.1, -0.05) is 19.8 Å². The Balaban J connectivity index is 1.88. The Morgan fingerprint density at radius 1 is 1.45 bits per heavy atom. The Labute approximate surface area is 123 Å². The van der Waals surface area contributed by atoms with Crippen LogP contribution in [0.25, 0.3) is 0 Å². The van der Waals surface area contributed by atoms with E-state index in [9.17, 15) is 0 Å². The van der Waals surface area contributed by atoms with Crippen LogP contribution in [0.15, 0.2) is 12.4 Å². The number of aryl methyl sites for hydroxylation is 1. The van der Waals surface area contributed by atoms with Gasteiger partial charge in [-0.05, 0) is 40.3 Å². The van der Waals surface area contributed by atoms with Gasteiger partial charge in [0.15, 0.2) is 0 Å². The molecule has 1 aromatic rings. The lowest BCUT2D eigenvalue weighted by atomic mass is 9.95. The minimum Gasteiger partial charge on any atom is -0.334 e. The summed E-state index contributed by atoms with van der Waals surface area (Å²) in [6, 6.07) is 0.477.